The minimum absolute atomic E-state index is 0.158. The molecule has 4 rings (SSSR count). The Balaban J connectivity index is 1.65. The van der Waals surface area contributed by atoms with Crippen LogP contribution in [0.1, 0.15) is 24.0 Å². The number of hydrogen-bond acceptors (Lipinski definition) is 5. The lowest BCUT2D eigenvalue weighted by Gasteiger charge is -2.22. The molecule has 3 aromatic rings. The summed E-state index contributed by atoms with van der Waals surface area (Å²) in [5, 5.41) is 18.2. The first-order chi connectivity index (χ1) is 15.9. The molecular weight excluding hydrogens is 446 g/mol. The molecule has 0 unspecified atom stereocenters. The third kappa shape index (κ3) is 6.09. The molecule has 0 radical (unpaired) electrons. The van der Waals surface area contributed by atoms with Crippen molar-refractivity contribution in [2.45, 2.75) is 30.3 Å². The molecule has 3 aromatic carbocycles. The van der Waals surface area contributed by atoms with Crippen LogP contribution >= 0.6 is 11.9 Å². The minimum Gasteiger partial charge on any atom is -0.481 e. The van der Waals surface area contributed by atoms with Gasteiger partial charge in [0.1, 0.15) is 17.4 Å². The van der Waals surface area contributed by atoms with Gasteiger partial charge in [-0.1, -0.05) is 6.07 Å². The number of carbonyl (C=O) groups is 1. The topological polar surface area (TPSA) is 73.6 Å². The highest BCUT2D eigenvalue weighted by Gasteiger charge is 2.30. The van der Waals surface area contributed by atoms with Crippen molar-refractivity contribution in [3.8, 4) is 22.9 Å². The third-order valence-corrected chi connectivity index (χ3v) is 6.21. The number of carboxylic acids is 1. The summed E-state index contributed by atoms with van der Waals surface area (Å²) >= 11 is 1.55. The number of aliphatic carboxylic acids is 1. The van der Waals surface area contributed by atoms with Crippen LogP contribution in [0.3, 0.4) is 0 Å². The molecule has 33 heavy (non-hydrogen) atoms. The molecule has 0 aromatic heterocycles. The van der Waals surface area contributed by atoms with Gasteiger partial charge in [-0.2, -0.15) is 5.26 Å². The Kier molecular flexibility index (Phi) is 6.92. The zero-order valence-corrected chi connectivity index (χ0v) is 18.3. The molecule has 168 valence electrons. The van der Waals surface area contributed by atoms with Crippen molar-refractivity contribution in [2.75, 3.05) is 6.61 Å². The van der Waals surface area contributed by atoms with Crippen LogP contribution < -0.4 is 4.74 Å². The fraction of sp³-hybridized carbons (Fsp3) is 0.200. The smallest absolute Gasteiger partial charge is 0.341 e. The molecule has 1 aliphatic rings. The van der Waals surface area contributed by atoms with Gasteiger partial charge in [0.2, 0.25) is 0 Å². The van der Waals surface area contributed by atoms with Crippen molar-refractivity contribution in [3.05, 3.63) is 83.4 Å². The number of carboxylic acid groups (broad SMARTS) is 1. The second-order valence-electron chi connectivity index (χ2n) is 7.70. The molecule has 1 fully saturated rings. The van der Waals surface area contributed by atoms with Gasteiger partial charge in [0.05, 0.1) is 11.6 Å². The van der Waals surface area contributed by atoms with E-state index in [0.29, 0.717) is 29.5 Å². The number of halogens is 2. The van der Waals surface area contributed by atoms with Crippen molar-refractivity contribution in [1.82, 2.24) is 4.31 Å². The number of hydrogen-bond donors (Lipinski definition) is 1. The van der Waals surface area contributed by atoms with E-state index in [4.69, 9.17) is 9.84 Å². The first-order valence-electron chi connectivity index (χ1n) is 10.3. The quantitative estimate of drug-likeness (QED) is 0.412. The van der Waals surface area contributed by atoms with Gasteiger partial charge in [0, 0.05) is 23.0 Å². The van der Waals surface area contributed by atoms with Crippen LogP contribution in [0.25, 0.3) is 11.1 Å². The molecule has 1 saturated carbocycles. The zero-order chi connectivity index (χ0) is 23.4. The first-order valence-corrected chi connectivity index (χ1v) is 11.1. The van der Waals surface area contributed by atoms with Gasteiger partial charge < -0.3 is 9.84 Å². The van der Waals surface area contributed by atoms with Crippen molar-refractivity contribution < 1.29 is 23.4 Å². The van der Waals surface area contributed by atoms with Crippen LogP contribution in [0.15, 0.2) is 65.6 Å². The minimum atomic E-state index is -1.13. The molecule has 1 N–H and O–H groups in total. The Labute approximate surface area is 194 Å². The summed E-state index contributed by atoms with van der Waals surface area (Å²) in [6.07, 6.45) is 2.13. The van der Waals surface area contributed by atoms with Gasteiger partial charge in [-0.3, -0.25) is 0 Å². The SMILES string of the molecule is N#Cc1cc(F)cc(-c2cc(CN(Sc3ccc(F)cc3)C3CC3)ccc2OCC(=O)O)c1. The van der Waals surface area contributed by atoms with Gasteiger partial charge in [0.25, 0.3) is 0 Å². The van der Waals surface area contributed by atoms with E-state index in [2.05, 4.69) is 4.31 Å². The predicted molar refractivity (Wildman–Crippen MR) is 121 cm³/mol. The lowest BCUT2D eigenvalue weighted by atomic mass is 9.99. The normalized spacial score (nSPS) is 13.0. The lowest BCUT2D eigenvalue weighted by Crippen LogP contribution is -2.17. The number of benzene rings is 3. The van der Waals surface area contributed by atoms with Gasteiger partial charge >= 0.3 is 5.97 Å². The van der Waals surface area contributed by atoms with Crippen LogP contribution in [0.2, 0.25) is 0 Å². The van der Waals surface area contributed by atoms with Gasteiger partial charge in [0.15, 0.2) is 6.61 Å². The predicted octanol–water partition coefficient (Wildman–Crippen LogP) is 5.64. The number of nitriles is 1. The summed E-state index contributed by atoms with van der Waals surface area (Å²) in [6, 6.07) is 18.0. The maximum absolute atomic E-state index is 14.1. The van der Waals surface area contributed by atoms with Gasteiger partial charge in [-0.25, -0.2) is 17.9 Å². The average molecular weight is 467 g/mol. The van der Waals surface area contributed by atoms with Crippen LogP contribution in [-0.4, -0.2) is 28.0 Å². The van der Waals surface area contributed by atoms with Crippen molar-refractivity contribution in [2.24, 2.45) is 0 Å². The number of nitrogens with zero attached hydrogens (tertiary/aromatic N) is 2. The second kappa shape index (κ2) is 10.0. The molecule has 0 heterocycles. The van der Waals surface area contributed by atoms with E-state index in [0.717, 1.165) is 29.4 Å². The molecule has 0 saturated heterocycles. The van der Waals surface area contributed by atoms with Crippen LogP contribution in [-0.2, 0) is 11.3 Å². The highest BCUT2D eigenvalue weighted by atomic mass is 32.2. The van der Waals surface area contributed by atoms with Crippen molar-refractivity contribution in [1.29, 1.82) is 5.26 Å². The van der Waals surface area contributed by atoms with Crippen molar-refractivity contribution in [3.63, 3.8) is 0 Å². The van der Waals surface area contributed by atoms with E-state index >= 15 is 0 Å². The Hall–Kier alpha value is -3.41. The van der Waals surface area contributed by atoms with Gasteiger partial charge in [-0.15, -0.1) is 0 Å². The Bertz CT molecular complexity index is 1210. The Morgan fingerprint density at radius 1 is 1.09 bits per heavy atom. The van der Waals surface area contributed by atoms with E-state index < -0.39 is 18.4 Å². The average Bonchev–Trinajstić information content (AvgIpc) is 3.64. The molecule has 8 heteroatoms. The molecule has 0 atom stereocenters. The van der Waals surface area contributed by atoms with Gasteiger partial charge in [-0.05, 0) is 90.5 Å². The van der Waals surface area contributed by atoms with E-state index in [1.54, 1.807) is 36.2 Å². The van der Waals surface area contributed by atoms with Crippen LogP contribution in [0.5, 0.6) is 5.75 Å². The number of ether oxygens (including phenoxy) is 1. The second-order valence-corrected chi connectivity index (χ2v) is 8.83. The monoisotopic (exact) mass is 466 g/mol. The van der Waals surface area contributed by atoms with Crippen LogP contribution in [0.4, 0.5) is 8.78 Å². The molecule has 0 bridgehead atoms. The maximum Gasteiger partial charge on any atom is 0.341 e. The van der Waals surface area contributed by atoms with E-state index in [1.807, 2.05) is 18.2 Å². The summed E-state index contributed by atoms with van der Waals surface area (Å²) < 4.78 is 35.0. The van der Waals surface area contributed by atoms with Crippen molar-refractivity contribution >= 4 is 17.9 Å². The highest BCUT2D eigenvalue weighted by molar-refractivity contribution is 7.97. The Morgan fingerprint density at radius 2 is 1.85 bits per heavy atom. The fourth-order valence-corrected chi connectivity index (χ4v) is 4.49. The van der Waals surface area contributed by atoms with Crippen LogP contribution in [0, 0.1) is 23.0 Å². The molecule has 0 spiro atoms. The summed E-state index contributed by atoms with van der Waals surface area (Å²) in [7, 11) is 0. The lowest BCUT2D eigenvalue weighted by molar-refractivity contribution is -0.139. The van der Waals surface area contributed by atoms with E-state index in [-0.39, 0.29) is 11.4 Å². The third-order valence-electron chi connectivity index (χ3n) is 5.06. The number of rotatable bonds is 9. The summed E-state index contributed by atoms with van der Waals surface area (Å²) in [5.74, 6) is -1.69. The highest BCUT2D eigenvalue weighted by Crippen LogP contribution is 2.39. The largest absolute Gasteiger partial charge is 0.481 e. The fourth-order valence-electron chi connectivity index (χ4n) is 3.39. The molecule has 5 nitrogen and oxygen atoms in total. The Morgan fingerprint density at radius 3 is 2.52 bits per heavy atom. The summed E-state index contributed by atoms with van der Waals surface area (Å²) in [5.41, 5.74) is 2.01. The molecule has 0 aliphatic heterocycles. The van der Waals surface area contributed by atoms with E-state index in [1.165, 1.54) is 18.2 Å². The molecule has 1 aliphatic carbocycles. The summed E-state index contributed by atoms with van der Waals surface area (Å²) in [6.45, 7) is 0.0285. The molecular formula is C25H20F2N2O3S. The zero-order valence-electron chi connectivity index (χ0n) is 17.5. The standard InChI is InChI=1S/C25H20F2N2O3S/c26-19-2-6-22(7-3-19)33-29(21-4-5-21)14-16-1-8-24(32-15-25(30)31)23(11-16)18-9-17(13-28)10-20(27)12-18/h1-3,6-12,21H,4-5,14-15H2,(H,30,31). The first kappa shape index (κ1) is 22.8. The molecule has 0 amide bonds. The maximum atomic E-state index is 14.1. The van der Waals surface area contributed by atoms with E-state index in [9.17, 15) is 18.8 Å². The summed E-state index contributed by atoms with van der Waals surface area (Å²) in [4.78, 5) is 11.9.